The van der Waals surface area contributed by atoms with Gasteiger partial charge in [-0.2, -0.15) is 0 Å². The van der Waals surface area contributed by atoms with E-state index >= 15 is 0 Å². The van der Waals surface area contributed by atoms with Crippen LogP contribution in [0.25, 0.3) is 11.1 Å². The van der Waals surface area contributed by atoms with Crippen molar-refractivity contribution in [3.8, 4) is 16.9 Å². The van der Waals surface area contributed by atoms with E-state index < -0.39 is 67.7 Å². The highest BCUT2D eigenvalue weighted by molar-refractivity contribution is 14.1. The number of alkyl halides is 1. The molecule has 3 fully saturated rings. The van der Waals surface area contributed by atoms with Crippen LogP contribution in [-0.4, -0.2) is 91.3 Å². The molecule has 0 aromatic heterocycles. The molecule has 13 nitrogen and oxygen atoms in total. The molecular formula is C41H55IN4O9S. The SMILES string of the molecule is COc1ccc2c(c1)CCCC(C)(C)CCOC(=O)N[C@@H](C(C)(C)C)C(=O)N1C[C@@](OC)(C[C@H]1C(=O)N[C@]1(C(=O)NS(=O)(=O)C3CC3)C[C@H]1I)c1ccc-2cc1. The van der Waals surface area contributed by atoms with Gasteiger partial charge in [0, 0.05) is 17.5 Å². The van der Waals surface area contributed by atoms with E-state index in [4.69, 9.17) is 14.2 Å². The fraction of sp³-hybridized carbons (Fsp3) is 0.610. The molecule has 3 heterocycles. The molecule has 56 heavy (non-hydrogen) atoms. The molecule has 0 radical (unpaired) electrons. The van der Waals surface area contributed by atoms with Gasteiger partial charge in [0.25, 0.3) is 5.91 Å². The molecule has 3 N–H and O–H groups in total. The summed E-state index contributed by atoms with van der Waals surface area (Å²) in [5.74, 6) is -1.15. The molecule has 306 valence electrons. The molecule has 5 atom stereocenters. The maximum atomic E-state index is 14.8. The average Bonchev–Trinajstić information content (AvgIpc) is 4.06. The zero-order valence-electron chi connectivity index (χ0n) is 33.3. The summed E-state index contributed by atoms with van der Waals surface area (Å²) >= 11 is 2.03. The number of carbonyl (C=O) groups is 4. The first kappa shape index (κ1) is 42.2. The van der Waals surface area contributed by atoms with Crippen LogP contribution in [0.3, 0.4) is 0 Å². The Morgan fingerprint density at radius 3 is 2.29 bits per heavy atom. The number of alkyl carbamates (subject to hydrolysis) is 1. The number of aryl methyl sites for hydroxylation is 1. The third kappa shape index (κ3) is 8.83. The Kier molecular flexibility index (Phi) is 11.8. The van der Waals surface area contributed by atoms with Crippen molar-refractivity contribution >= 4 is 56.4 Å². The lowest BCUT2D eigenvalue weighted by Crippen LogP contribution is -2.60. The third-order valence-electron chi connectivity index (χ3n) is 11.8. The quantitative estimate of drug-likeness (QED) is 0.245. The second-order valence-electron chi connectivity index (χ2n) is 17.6. The summed E-state index contributed by atoms with van der Waals surface area (Å²) in [6, 6.07) is 11.8. The lowest BCUT2D eigenvalue weighted by Gasteiger charge is -2.36. The van der Waals surface area contributed by atoms with Gasteiger partial charge in [-0.3, -0.25) is 19.1 Å². The largest absolute Gasteiger partial charge is 0.497 e. The number of nitrogens with zero attached hydrogens (tertiary/aromatic N) is 1. The fourth-order valence-corrected chi connectivity index (χ4v) is 10.4. The lowest BCUT2D eigenvalue weighted by molar-refractivity contribution is -0.143. The van der Waals surface area contributed by atoms with E-state index in [0.29, 0.717) is 19.3 Å². The second kappa shape index (κ2) is 15.7. The molecule has 0 spiro atoms. The van der Waals surface area contributed by atoms with Gasteiger partial charge in [0.05, 0.1) is 25.5 Å². The van der Waals surface area contributed by atoms with Gasteiger partial charge in [-0.15, -0.1) is 0 Å². The number of rotatable bonds is 7. The Morgan fingerprint density at radius 2 is 1.70 bits per heavy atom. The number of ether oxygens (including phenoxy) is 3. The van der Waals surface area contributed by atoms with Crippen LogP contribution in [0.2, 0.25) is 0 Å². The van der Waals surface area contributed by atoms with Crippen LogP contribution in [0, 0.1) is 10.8 Å². The number of methoxy groups -OCH3 is 2. The molecule has 2 aromatic rings. The first-order valence-electron chi connectivity index (χ1n) is 19.3. The number of amides is 4. The van der Waals surface area contributed by atoms with Gasteiger partial charge < -0.3 is 29.7 Å². The van der Waals surface area contributed by atoms with Crippen LogP contribution < -0.4 is 20.1 Å². The van der Waals surface area contributed by atoms with E-state index in [0.717, 1.165) is 47.3 Å². The molecule has 7 rings (SSSR count). The van der Waals surface area contributed by atoms with Crippen LogP contribution in [0.4, 0.5) is 4.79 Å². The van der Waals surface area contributed by atoms with Crippen LogP contribution in [0.5, 0.6) is 5.75 Å². The number of hydrogen-bond acceptors (Lipinski definition) is 9. The highest BCUT2D eigenvalue weighted by Crippen LogP contribution is 2.46. The van der Waals surface area contributed by atoms with Crippen LogP contribution >= 0.6 is 22.6 Å². The molecule has 5 aliphatic rings. The van der Waals surface area contributed by atoms with Crippen LogP contribution in [0.1, 0.15) is 90.7 Å². The van der Waals surface area contributed by atoms with Crippen molar-refractivity contribution in [3.05, 3.63) is 53.6 Å². The number of sulfonamides is 1. The van der Waals surface area contributed by atoms with E-state index in [2.05, 4.69) is 41.3 Å². The zero-order chi connectivity index (χ0) is 40.8. The van der Waals surface area contributed by atoms with Crippen molar-refractivity contribution in [2.45, 2.75) is 118 Å². The number of nitrogens with one attached hydrogen (secondary N) is 3. The van der Waals surface area contributed by atoms with Crippen LogP contribution in [0.15, 0.2) is 42.5 Å². The number of hydrogen-bond donors (Lipinski definition) is 3. The van der Waals surface area contributed by atoms with Gasteiger partial charge >= 0.3 is 6.09 Å². The summed E-state index contributed by atoms with van der Waals surface area (Å²) < 4.78 is 44.8. The number of carbonyl (C=O) groups excluding carboxylic acids is 4. The van der Waals surface area contributed by atoms with Gasteiger partial charge in [-0.05, 0) is 90.2 Å². The van der Waals surface area contributed by atoms with Crippen molar-refractivity contribution in [1.82, 2.24) is 20.3 Å². The van der Waals surface area contributed by atoms with E-state index in [-0.39, 0.29) is 35.3 Å². The molecule has 2 aromatic carbocycles. The van der Waals surface area contributed by atoms with Crippen molar-refractivity contribution in [2.24, 2.45) is 10.8 Å². The van der Waals surface area contributed by atoms with E-state index in [1.165, 1.54) is 12.0 Å². The van der Waals surface area contributed by atoms with Crippen molar-refractivity contribution in [1.29, 1.82) is 0 Å². The first-order valence-corrected chi connectivity index (χ1v) is 22.1. The monoisotopic (exact) mass is 906 g/mol. The fourth-order valence-electron chi connectivity index (χ4n) is 7.86. The molecule has 4 amide bonds. The lowest BCUT2D eigenvalue weighted by atomic mass is 9.83. The minimum absolute atomic E-state index is 0.0338. The highest BCUT2D eigenvalue weighted by atomic mass is 127. The zero-order valence-corrected chi connectivity index (χ0v) is 36.3. The molecule has 4 bridgehead atoms. The van der Waals surface area contributed by atoms with E-state index in [1.54, 1.807) is 7.11 Å². The van der Waals surface area contributed by atoms with E-state index in [1.807, 2.05) is 73.7 Å². The summed E-state index contributed by atoms with van der Waals surface area (Å²) in [6.45, 7) is 9.88. The predicted molar refractivity (Wildman–Crippen MR) is 220 cm³/mol. The standard InChI is InChI=1S/C41H55IN4O9S/c1-38(2,3)33-35(48)46-24-40(54-7,22-31(46)34(47)44-41(23-32(41)42)36(49)45-56(51,52)29-15-16-29)27-12-10-25(11-13-27)30-17-14-28(53-6)21-26(30)9-8-18-39(4,5)19-20-55-37(50)43-33/h10-14,17,21,29,31-33H,8-9,15-16,18-20,22-24H2,1-7H3,(H,43,50)(H,44,47)(H,45,49)/t31-,32+,33+,40-,41+/m0/s1. The Labute approximate surface area is 343 Å². The van der Waals surface area contributed by atoms with Gasteiger partial charge in [0.15, 0.2) is 0 Å². The number of halogens is 1. The number of fused-ring (bicyclic) bond motifs is 12. The van der Waals surface area contributed by atoms with Crippen molar-refractivity contribution in [3.63, 3.8) is 0 Å². The predicted octanol–water partition coefficient (Wildman–Crippen LogP) is 5.37. The molecule has 1 saturated heterocycles. The van der Waals surface area contributed by atoms with Gasteiger partial charge in [-0.1, -0.05) is 87.5 Å². The van der Waals surface area contributed by atoms with Gasteiger partial charge in [0.2, 0.25) is 21.8 Å². The Hall–Kier alpha value is -3.44. The minimum atomic E-state index is -3.87. The molecule has 2 aliphatic carbocycles. The van der Waals surface area contributed by atoms with Crippen molar-refractivity contribution in [2.75, 3.05) is 27.4 Å². The summed E-state index contributed by atoms with van der Waals surface area (Å²) in [5, 5.41) is 5.05. The molecule has 15 heteroatoms. The summed E-state index contributed by atoms with van der Waals surface area (Å²) in [4.78, 5) is 57.6. The average molecular weight is 907 g/mol. The third-order valence-corrected chi connectivity index (χ3v) is 15.2. The Bertz CT molecular complexity index is 1960. The first-order chi connectivity index (χ1) is 26.2. The van der Waals surface area contributed by atoms with Gasteiger partial charge in [0.1, 0.15) is 29.0 Å². The van der Waals surface area contributed by atoms with E-state index in [9.17, 15) is 27.6 Å². The minimum Gasteiger partial charge on any atom is -0.497 e. The normalized spacial score (nSPS) is 28.4. The maximum Gasteiger partial charge on any atom is 0.407 e. The maximum absolute atomic E-state index is 14.8. The van der Waals surface area contributed by atoms with Gasteiger partial charge in [-0.25, -0.2) is 13.2 Å². The topological polar surface area (TPSA) is 169 Å². The summed E-state index contributed by atoms with van der Waals surface area (Å²) in [6.07, 6.45) is 3.70. The van der Waals surface area contributed by atoms with Crippen molar-refractivity contribution < 1.29 is 41.8 Å². The molecule has 3 aliphatic heterocycles. The molecule has 2 saturated carbocycles. The second-order valence-corrected chi connectivity index (χ2v) is 21.1. The Morgan fingerprint density at radius 1 is 1.02 bits per heavy atom. The molecular weight excluding hydrogens is 851 g/mol. The van der Waals surface area contributed by atoms with Crippen LogP contribution in [-0.2, 0) is 45.9 Å². The highest BCUT2D eigenvalue weighted by Gasteiger charge is 2.63. The summed E-state index contributed by atoms with van der Waals surface area (Å²) in [5.41, 5.74) is 0.393. The Balaban J connectivity index is 1.38. The number of benzene rings is 2. The summed E-state index contributed by atoms with van der Waals surface area (Å²) in [7, 11) is -0.683. The molecule has 0 unspecified atom stereocenters. The smallest absolute Gasteiger partial charge is 0.407 e.